The average molecular weight is 281 g/mol. The van der Waals surface area contributed by atoms with Gasteiger partial charge in [-0.25, -0.2) is 8.78 Å². The topological polar surface area (TPSA) is 12.0 Å². The minimum absolute atomic E-state index is 0.0902. The molecule has 1 aliphatic rings. The van der Waals surface area contributed by atoms with E-state index in [2.05, 4.69) is 25.4 Å². The molecule has 0 aliphatic heterocycles. The molecule has 3 heteroatoms. The number of hydrogen-bond acceptors (Lipinski definition) is 1. The van der Waals surface area contributed by atoms with Gasteiger partial charge in [0.15, 0.2) is 0 Å². The molecule has 0 bridgehead atoms. The van der Waals surface area contributed by atoms with Crippen LogP contribution in [0.25, 0.3) is 0 Å². The molecule has 0 aromatic carbocycles. The fourth-order valence-corrected chi connectivity index (χ4v) is 2.39. The van der Waals surface area contributed by atoms with Crippen molar-refractivity contribution in [2.75, 3.05) is 0 Å². The van der Waals surface area contributed by atoms with Gasteiger partial charge in [0.05, 0.1) is 0 Å². The van der Waals surface area contributed by atoms with Gasteiger partial charge in [0, 0.05) is 24.1 Å². The van der Waals surface area contributed by atoms with Crippen molar-refractivity contribution in [3.8, 4) is 0 Å². The lowest BCUT2D eigenvalue weighted by molar-refractivity contribution is 0.147. The van der Waals surface area contributed by atoms with Gasteiger partial charge in [0.2, 0.25) is 6.43 Å². The average Bonchev–Trinajstić information content (AvgIpc) is 2.37. The molecule has 0 fully saturated rings. The van der Waals surface area contributed by atoms with Gasteiger partial charge in [-0.05, 0) is 19.8 Å². The quantitative estimate of drug-likeness (QED) is 0.618. The third-order valence-corrected chi connectivity index (χ3v) is 3.55. The molecule has 2 unspecified atom stereocenters. The number of nitrogens with one attached hydrogen (secondary N) is 1. The summed E-state index contributed by atoms with van der Waals surface area (Å²) < 4.78 is 24.9. The smallest absolute Gasteiger partial charge is 0.242 e. The van der Waals surface area contributed by atoms with Gasteiger partial charge in [-0.2, -0.15) is 0 Å². The lowest BCUT2D eigenvalue weighted by atomic mass is 9.90. The van der Waals surface area contributed by atoms with Crippen molar-refractivity contribution in [3.63, 3.8) is 0 Å². The van der Waals surface area contributed by atoms with Crippen molar-refractivity contribution in [2.45, 2.75) is 52.0 Å². The molecule has 112 valence electrons. The predicted octanol–water partition coefficient (Wildman–Crippen LogP) is 4.99. The molecule has 1 rings (SSSR count). The Kier molecular flexibility index (Phi) is 6.69. The van der Waals surface area contributed by atoms with Gasteiger partial charge in [0.25, 0.3) is 0 Å². The van der Waals surface area contributed by atoms with Crippen molar-refractivity contribution in [2.24, 2.45) is 5.92 Å². The molecule has 1 nitrogen and oxygen atoms in total. The third-order valence-electron chi connectivity index (χ3n) is 3.55. The second-order valence-electron chi connectivity index (χ2n) is 5.47. The molecule has 0 aromatic rings. The summed E-state index contributed by atoms with van der Waals surface area (Å²) in [4.78, 5) is 0. The van der Waals surface area contributed by atoms with E-state index in [-0.39, 0.29) is 18.4 Å². The lowest BCUT2D eigenvalue weighted by Crippen LogP contribution is -2.31. The molecule has 0 saturated heterocycles. The van der Waals surface area contributed by atoms with E-state index in [9.17, 15) is 8.78 Å². The van der Waals surface area contributed by atoms with Crippen molar-refractivity contribution < 1.29 is 8.78 Å². The summed E-state index contributed by atoms with van der Waals surface area (Å²) in [5, 5.41) is 3.40. The normalized spacial score (nSPS) is 19.6. The van der Waals surface area contributed by atoms with Gasteiger partial charge in [0.1, 0.15) is 0 Å². The number of halogens is 2. The van der Waals surface area contributed by atoms with E-state index in [0.29, 0.717) is 6.42 Å². The Bertz CT molecular complexity index is 407. The van der Waals surface area contributed by atoms with Crippen LogP contribution in [-0.4, -0.2) is 12.5 Å². The van der Waals surface area contributed by atoms with Gasteiger partial charge < -0.3 is 5.32 Å². The Morgan fingerprint density at radius 3 is 2.70 bits per heavy atom. The van der Waals surface area contributed by atoms with Crippen LogP contribution >= 0.6 is 0 Å². The van der Waals surface area contributed by atoms with Crippen LogP contribution in [-0.2, 0) is 0 Å². The van der Waals surface area contributed by atoms with Crippen molar-refractivity contribution in [1.29, 1.82) is 0 Å². The van der Waals surface area contributed by atoms with Crippen molar-refractivity contribution in [1.82, 2.24) is 5.32 Å². The van der Waals surface area contributed by atoms with E-state index < -0.39 is 6.43 Å². The molecule has 0 aromatic heterocycles. The van der Waals surface area contributed by atoms with E-state index in [1.807, 2.05) is 19.1 Å². The van der Waals surface area contributed by atoms with Crippen LogP contribution < -0.4 is 5.32 Å². The molecule has 0 amide bonds. The van der Waals surface area contributed by atoms with Gasteiger partial charge in [-0.3, -0.25) is 0 Å². The second-order valence-corrected chi connectivity index (χ2v) is 5.47. The highest BCUT2D eigenvalue weighted by molar-refractivity contribution is 5.26. The number of rotatable bonds is 8. The Hall–Kier alpha value is -1.38. The minimum Gasteiger partial charge on any atom is -0.382 e. The van der Waals surface area contributed by atoms with Crippen LogP contribution in [0.15, 0.2) is 48.2 Å². The molecule has 2 atom stereocenters. The van der Waals surface area contributed by atoms with Crippen molar-refractivity contribution >= 4 is 0 Å². The Labute approximate surface area is 121 Å². The summed E-state index contributed by atoms with van der Waals surface area (Å²) in [6.07, 6.45) is 5.93. The monoisotopic (exact) mass is 281 g/mol. The van der Waals surface area contributed by atoms with Gasteiger partial charge in [-0.15, -0.1) is 0 Å². The Morgan fingerprint density at radius 1 is 1.45 bits per heavy atom. The van der Waals surface area contributed by atoms with E-state index in [4.69, 9.17) is 0 Å². The molecule has 1 aliphatic carbocycles. The maximum absolute atomic E-state index is 12.4. The fraction of sp³-hybridized carbons (Fsp3) is 0.529. The molecular formula is C17H25F2N. The van der Waals surface area contributed by atoms with E-state index in [0.717, 1.165) is 29.7 Å². The Balaban J connectivity index is 2.58. The zero-order valence-electron chi connectivity index (χ0n) is 12.5. The molecule has 0 saturated carbocycles. The summed E-state index contributed by atoms with van der Waals surface area (Å²) in [7, 11) is 0. The lowest BCUT2D eigenvalue weighted by Gasteiger charge is -2.27. The molecule has 0 radical (unpaired) electrons. The first-order valence-corrected chi connectivity index (χ1v) is 7.19. The standard InChI is InChI=1S/C17H25F2N/c1-5-7-16(12(2)3)20-13(4)15-9-6-8-14(10-15)11-17(18)19/h6,8-9,15-17,20H,2,4-5,7,10-11H2,1,3H3. The summed E-state index contributed by atoms with van der Waals surface area (Å²) in [5.41, 5.74) is 2.76. The first-order chi connectivity index (χ1) is 9.43. The molecule has 20 heavy (non-hydrogen) atoms. The summed E-state index contributed by atoms with van der Waals surface area (Å²) in [5.74, 6) is 0.0902. The summed E-state index contributed by atoms with van der Waals surface area (Å²) >= 11 is 0. The van der Waals surface area contributed by atoms with Crippen LogP contribution in [0.2, 0.25) is 0 Å². The first-order valence-electron chi connectivity index (χ1n) is 7.19. The molecule has 0 spiro atoms. The Morgan fingerprint density at radius 2 is 2.15 bits per heavy atom. The highest BCUT2D eigenvalue weighted by Gasteiger charge is 2.19. The van der Waals surface area contributed by atoms with E-state index in [1.54, 1.807) is 6.08 Å². The number of allylic oxidation sites excluding steroid dienone is 4. The maximum atomic E-state index is 12.4. The highest BCUT2D eigenvalue weighted by Crippen LogP contribution is 2.27. The van der Waals surface area contributed by atoms with Crippen LogP contribution in [0.5, 0.6) is 0 Å². The predicted molar refractivity (Wildman–Crippen MR) is 81.7 cm³/mol. The number of hydrogen-bond donors (Lipinski definition) is 1. The third kappa shape index (κ3) is 5.32. The van der Waals surface area contributed by atoms with Crippen LogP contribution in [0.4, 0.5) is 8.78 Å². The van der Waals surface area contributed by atoms with Crippen LogP contribution in [0, 0.1) is 5.92 Å². The van der Waals surface area contributed by atoms with E-state index >= 15 is 0 Å². The fourth-order valence-electron chi connectivity index (χ4n) is 2.39. The van der Waals surface area contributed by atoms with Crippen LogP contribution in [0.3, 0.4) is 0 Å². The SMILES string of the molecule is C=C(NC(CCC)C(=C)C)C1C=CC=C(CC(F)F)C1. The van der Waals surface area contributed by atoms with E-state index in [1.165, 1.54) is 0 Å². The zero-order chi connectivity index (χ0) is 15.1. The zero-order valence-corrected chi connectivity index (χ0v) is 12.5. The van der Waals surface area contributed by atoms with Gasteiger partial charge >= 0.3 is 0 Å². The van der Waals surface area contributed by atoms with Crippen molar-refractivity contribution in [3.05, 3.63) is 48.2 Å². The maximum Gasteiger partial charge on any atom is 0.242 e. The minimum atomic E-state index is -2.28. The first kappa shape index (κ1) is 16.7. The summed E-state index contributed by atoms with van der Waals surface area (Å²) in [6.45, 7) is 12.2. The van der Waals surface area contributed by atoms with Crippen LogP contribution in [0.1, 0.15) is 39.5 Å². The number of alkyl halides is 2. The summed E-state index contributed by atoms with van der Waals surface area (Å²) in [6, 6.07) is 0.213. The van der Waals surface area contributed by atoms with Gasteiger partial charge in [-0.1, -0.05) is 55.9 Å². The largest absolute Gasteiger partial charge is 0.382 e. The molecule has 0 heterocycles. The highest BCUT2D eigenvalue weighted by atomic mass is 19.3. The second kappa shape index (κ2) is 8.03. The molecule has 1 N–H and O–H groups in total. The molecular weight excluding hydrogens is 256 g/mol.